The molecule has 0 amide bonds. The van der Waals surface area contributed by atoms with Gasteiger partial charge in [0.15, 0.2) is 0 Å². The van der Waals surface area contributed by atoms with Crippen molar-refractivity contribution in [3.8, 4) is 22.3 Å². The molecular formula is C52H33N3OS. The van der Waals surface area contributed by atoms with Gasteiger partial charge in [0.25, 0.3) is 0 Å². The summed E-state index contributed by atoms with van der Waals surface area (Å²) in [7, 11) is 0. The van der Waals surface area contributed by atoms with Gasteiger partial charge < -0.3 is 13.7 Å². The van der Waals surface area contributed by atoms with Crippen molar-refractivity contribution in [2.45, 2.75) is 19.3 Å². The molecule has 4 aromatic heterocycles. The molecule has 0 atom stereocenters. The first kappa shape index (κ1) is 31.3. The van der Waals surface area contributed by atoms with Crippen molar-refractivity contribution < 1.29 is 4.42 Å². The van der Waals surface area contributed by atoms with Crippen LogP contribution in [0, 0.1) is 0 Å². The maximum absolute atomic E-state index is 6.46. The van der Waals surface area contributed by atoms with Crippen molar-refractivity contribution in [3.05, 3.63) is 174 Å². The van der Waals surface area contributed by atoms with E-state index in [9.17, 15) is 0 Å². The Kier molecular flexibility index (Phi) is 6.09. The predicted octanol–water partition coefficient (Wildman–Crippen LogP) is 14.8. The molecule has 0 N–H and O–H groups in total. The summed E-state index contributed by atoms with van der Waals surface area (Å²) in [6.07, 6.45) is 0. The van der Waals surface area contributed by atoms with Crippen LogP contribution in [0.3, 0.4) is 0 Å². The first-order valence-corrected chi connectivity index (χ1v) is 20.4. The molecule has 4 nitrogen and oxygen atoms in total. The van der Waals surface area contributed by atoms with Crippen LogP contribution in [-0.4, -0.2) is 9.38 Å². The van der Waals surface area contributed by atoms with Crippen LogP contribution in [0.2, 0.25) is 0 Å². The third-order valence-corrected chi connectivity index (χ3v) is 13.5. The lowest BCUT2D eigenvalue weighted by molar-refractivity contribution is 0.660. The van der Waals surface area contributed by atoms with E-state index >= 15 is 0 Å². The van der Waals surface area contributed by atoms with Crippen LogP contribution in [0.4, 0.5) is 17.1 Å². The summed E-state index contributed by atoms with van der Waals surface area (Å²) in [5, 5.41) is 7.31. The van der Waals surface area contributed by atoms with Crippen molar-refractivity contribution in [2.75, 3.05) is 4.90 Å². The minimum atomic E-state index is -0.126. The van der Waals surface area contributed by atoms with Crippen LogP contribution < -0.4 is 4.90 Å². The molecule has 0 saturated carbocycles. The highest BCUT2D eigenvalue weighted by Gasteiger charge is 2.36. The first-order valence-electron chi connectivity index (χ1n) is 19.5. The van der Waals surface area contributed by atoms with Crippen LogP contribution in [0.25, 0.3) is 92.5 Å². The number of rotatable bonds is 4. The van der Waals surface area contributed by atoms with Crippen LogP contribution >= 0.6 is 11.3 Å². The van der Waals surface area contributed by atoms with Crippen molar-refractivity contribution in [2.24, 2.45) is 0 Å². The van der Waals surface area contributed by atoms with Gasteiger partial charge in [0.05, 0.1) is 32.3 Å². The Balaban J connectivity index is 1.04. The highest BCUT2D eigenvalue weighted by atomic mass is 32.1. The Bertz CT molecular complexity index is 3620. The summed E-state index contributed by atoms with van der Waals surface area (Å²) in [6, 6.07) is 57.7. The topological polar surface area (TPSA) is 33.7 Å². The Morgan fingerprint density at radius 3 is 2.18 bits per heavy atom. The molecule has 5 heteroatoms. The quantitative estimate of drug-likeness (QED) is 0.180. The molecule has 0 unspecified atom stereocenters. The molecule has 1 aliphatic carbocycles. The fourth-order valence-electron chi connectivity index (χ4n) is 10.0. The molecule has 0 radical (unpaired) electrons. The summed E-state index contributed by atoms with van der Waals surface area (Å²) in [5.74, 6) is 0. The summed E-state index contributed by atoms with van der Waals surface area (Å²) in [6.45, 7) is 4.71. The van der Waals surface area contributed by atoms with E-state index < -0.39 is 0 Å². The maximum Gasteiger partial charge on any atom is 0.143 e. The number of hydrogen-bond donors (Lipinski definition) is 0. The summed E-state index contributed by atoms with van der Waals surface area (Å²) in [4.78, 5) is 7.26. The second kappa shape index (κ2) is 11.1. The minimum absolute atomic E-state index is 0.126. The highest BCUT2D eigenvalue weighted by Crippen LogP contribution is 2.52. The van der Waals surface area contributed by atoms with Crippen molar-refractivity contribution in [3.63, 3.8) is 0 Å². The van der Waals surface area contributed by atoms with Crippen molar-refractivity contribution >= 4 is 98.6 Å². The average Bonchev–Trinajstić information content (AvgIpc) is 4.06. The van der Waals surface area contributed by atoms with Crippen LogP contribution in [0.15, 0.2) is 168 Å². The number of furan rings is 1. The van der Waals surface area contributed by atoms with Crippen LogP contribution in [0.5, 0.6) is 0 Å². The Hall–Kier alpha value is -6.95. The molecule has 0 aliphatic heterocycles. The number of benzene rings is 8. The third kappa shape index (κ3) is 4.13. The lowest BCUT2D eigenvalue weighted by Gasteiger charge is -2.28. The lowest BCUT2D eigenvalue weighted by atomic mass is 9.82. The number of para-hydroxylation sites is 3. The average molecular weight is 748 g/mol. The first-order chi connectivity index (χ1) is 28.0. The smallest absolute Gasteiger partial charge is 0.143 e. The van der Waals surface area contributed by atoms with Crippen LogP contribution in [0.1, 0.15) is 25.0 Å². The molecule has 13 rings (SSSR count). The number of hydrogen-bond acceptors (Lipinski definition) is 4. The molecular weight excluding hydrogens is 715 g/mol. The molecule has 1 aliphatic rings. The van der Waals surface area contributed by atoms with Gasteiger partial charge >= 0.3 is 0 Å². The zero-order valence-electron chi connectivity index (χ0n) is 31.2. The summed E-state index contributed by atoms with van der Waals surface area (Å²) < 4.78 is 10.2. The highest BCUT2D eigenvalue weighted by molar-refractivity contribution is 7.18. The Morgan fingerprint density at radius 2 is 1.26 bits per heavy atom. The van der Waals surface area contributed by atoms with Crippen molar-refractivity contribution in [1.82, 2.24) is 9.38 Å². The van der Waals surface area contributed by atoms with E-state index in [4.69, 9.17) is 9.40 Å². The van der Waals surface area contributed by atoms with E-state index in [1.807, 2.05) is 17.6 Å². The van der Waals surface area contributed by atoms with Gasteiger partial charge in [-0.15, -0.1) is 11.3 Å². The van der Waals surface area contributed by atoms with E-state index in [-0.39, 0.29) is 5.41 Å². The molecule has 57 heavy (non-hydrogen) atoms. The van der Waals surface area contributed by atoms with Gasteiger partial charge in [-0.05, 0) is 88.5 Å². The monoisotopic (exact) mass is 747 g/mol. The normalized spacial score (nSPS) is 13.6. The van der Waals surface area contributed by atoms with Gasteiger partial charge in [-0.1, -0.05) is 111 Å². The minimum Gasteiger partial charge on any atom is -0.455 e. The summed E-state index contributed by atoms with van der Waals surface area (Å²) >= 11 is 1.73. The molecule has 12 aromatic rings. The number of anilines is 3. The molecule has 0 fully saturated rings. The second-order valence-corrected chi connectivity index (χ2v) is 16.8. The van der Waals surface area contributed by atoms with E-state index in [2.05, 4.69) is 169 Å². The zero-order chi connectivity index (χ0) is 37.6. The second-order valence-electron chi connectivity index (χ2n) is 16.0. The van der Waals surface area contributed by atoms with Crippen molar-refractivity contribution in [1.29, 1.82) is 0 Å². The Morgan fingerprint density at radius 1 is 0.561 bits per heavy atom. The number of nitrogens with zero attached hydrogens (tertiary/aromatic N) is 3. The van der Waals surface area contributed by atoms with Crippen LogP contribution in [-0.2, 0) is 5.41 Å². The number of aromatic nitrogens is 2. The molecule has 8 aromatic carbocycles. The maximum atomic E-state index is 6.46. The standard InChI is InChI=1S/C52H33N3OS/c1-52(2)42-15-6-3-10-35(42)36-24-22-33(27-43(36)52)54(31-20-18-30(19-21-31)34-13-9-14-39-38-12-5-8-17-47(38)56-50(34)39)32-23-25-46-41(26-32)48-49-40(28-44-51(48)57-29-53-44)37-11-4-7-16-45(37)55(46)49/h3-29H,1-2H3. The fraction of sp³-hybridized carbons (Fsp3) is 0.0577. The SMILES string of the molecule is CC1(C)c2ccccc2-c2ccc(N(c3ccc(-c4cccc5c4oc4ccccc45)cc3)c3ccc4c(c3)c3c5scnc5cc5c6ccccc6n4c53)cc21. The fourth-order valence-corrected chi connectivity index (χ4v) is 10.9. The van der Waals surface area contributed by atoms with E-state index in [1.165, 1.54) is 65.0 Å². The van der Waals surface area contributed by atoms with E-state index in [0.29, 0.717) is 0 Å². The van der Waals surface area contributed by atoms with Gasteiger partial charge in [0.2, 0.25) is 0 Å². The van der Waals surface area contributed by atoms with Gasteiger partial charge in [0.1, 0.15) is 11.2 Å². The number of fused-ring (bicyclic) bond motifs is 14. The molecule has 268 valence electrons. The van der Waals surface area contributed by atoms with E-state index in [1.54, 1.807) is 11.3 Å². The van der Waals surface area contributed by atoms with Gasteiger partial charge in [0, 0.05) is 60.4 Å². The largest absolute Gasteiger partial charge is 0.455 e. The molecule has 0 spiro atoms. The third-order valence-electron chi connectivity index (χ3n) is 12.7. The molecule has 0 saturated heterocycles. The molecule has 4 heterocycles. The lowest BCUT2D eigenvalue weighted by Crippen LogP contribution is -2.16. The Labute approximate surface area is 331 Å². The van der Waals surface area contributed by atoms with Gasteiger partial charge in [-0.3, -0.25) is 0 Å². The zero-order valence-corrected chi connectivity index (χ0v) is 32.1. The van der Waals surface area contributed by atoms with E-state index in [0.717, 1.165) is 55.6 Å². The van der Waals surface area contributed by atoms with Gasteiger partial charge in [-0.25, -0.2) is 4.98 Å². The predicted molar refractivity (Wildman–Crippen MR) is 239 cm³/mol. The number of thiazole rings is 1. The summed E-state index contributed by atoms with van der Waals surface area (Å²) in [5.41, 5.74) is 19.3. The van der Waals surface area contributed by atoms with Gasteiger partial charge in [-0.2, -0.15) is 0 Å². The molecule has 0 bridgehead atoms.